The zero-order valence-corrected chi connectivity index (χ0v) is 11.7. The smallest absolute Gasteiger partial charge is 0.339 e. The highest BCUT2D eigenvalue weighted by Gasteiger charge is 2.18. The Balaban J connectivity index is 2.15. The molecule has 0 unspecified atom stereocenters. The quantitative estimate of drug-likeness (QED) is 0.797. The number of nitrogens with zero attached hydrogens (tertiary/aromatic N) is 2. The molecule has 0 fully saturated rings. The van der Waals surface area contributed by atoms with Crippen LogP contribution >= 0.6 is 22.9 Å². The van der Waals surface area contributed by atoms with Crippen LogP contribution in [0.5, 0.6) is 0 Å². The highest BCUT2D eigenvalue weighted by molar-refractivity contribution is 7.08. The predicted molar refractivity (Wildman–Crippen MR) is 78.8 cm³/mol. The Kier molecular flexibility index (Phi) is 3.30. The van der Waals surface area contributed by atoms with Gasteiger partial charge in [0.1, 0.15) is 11.3 Å². The second-order valence-corrected chi connectivity index (χ2v) is 5.35. The van der Waals surface area contributed by atoms with Gasteiger partial charge in [0.15, 0.2) is 0 Å². The Bertz CT molecular complexity index is 765. The summed E-state index contributed by atoms with van der Waals surface area (Å²) in [6.45, 7) is 0. The molecule has 1 aromatic carbocycles. The Labute approximate surface area is 123 Å². The molecule has 2 heterocycles. The lowest BCUT2D eigenvalue weighted by molar-refractivity contribution is 0.0697. The molecule has 3 aromatic rings. The van der Waals surface area contributed by atoms with Gasteiger partial charge in [0.05, 0.1) is 5.69 Å². The lowest BCUT2D eigenvalue weighted by Crippen LogP contribution is -1.96. The second kappa shape index (κ2) is 5.11. The van der Waals surface area contributed by atoms with Crippen molar-refractivity contribution >= 4 is 28.9 Å². The van der Waals surface area contributed by atoms with Crippen LogP contribution in [0.2, 0.25) is 5.02 Å². The average molecular weight is 305 g/mol. The van der Waals surface area contributed by atoms with Crippen molar-refractivity contribution in [2.24, 2.45) is 0 Å². The van der Waals surface area contributed by atoms with Crippen LogP contribution in [0.3, 0.4) is 0 Å². The Morgan fingerprint density at radius 3 is 2.85 bits per heavy atom. The summed E-state index contributed by atoms with van der Waals surface area (Å²) in [4.78, 5) is 11.4. The van der Waals surface area contributed by atoms with Gasteiger partial charge in [-0.1, -0.05) is 17.7 Å². The van der Waals surface area contributed by atoms with E-state index in [9.17, 15) is 9.90 Å². The fraction of sp³-hybridized carbons (Fsp3) is 0. The van der Waals surface area contributed by atoms with E-state index in [2.05, 4.69) is 5.10 Å². The van der Waals surface area contributed by atoms with Gasteiger partial charge in [0.2, 0.25) is 0 Å². The molecule has 0 amide bonds. The lowest BCUT2D eigenvalue weighted by Gasteiger charge is -2.00. The molecule has 1 N–H and O–H groups in total. The van der Waals surface area contributed by atoms with Gasteiger partial charge in [0, 0.05) is 22.2 Å². The molecule has 0 radical (unpaired) electrons. The summed E-state index contributed by atoms with van der Waals surface area (Å²) in [6.07, 6.45) is 1.50. The molecule has 0 spiro atoms. The number of benzene rings is 1. The van der Waals surface area contributed by atoms with E-state index in [1.165, 1.54) is 22.2 Å². The molecule has 0 saturated heterocycles. The van der Waals surface area contributed by atoms with Crippen molar-refractivity contribution in [2.75, 3.05) is 0 Å². The summed E-state index contributed by atoms with van der Waals surface area (Å²) < 4.78 is 1.53. The SMILES string of the molecule is O=C(O)c1cn(-c2cccc(Cl)c2)nc1-c1ccsc1. The first-order chi connectivity index (χ1) is 9.65. The maximum atomic E-state index is 11.4. The molecule has 3 rings (SSSR count). The molecule has 0 aliphatic heterocycles. The van der Waals surface area contributed by atoms with E-state index < -0.39 is 5.97 Å². The topological polar surface area (TPSA) is 55.1 Å². The number of carbonyl (C=O) groups is 1. The second-order valence-electron chi connectivity index (χ2n) is 4.13. The van der Waals surface area contributed by atoms with Gasteiger partial charge in [0.25, 0.3) is 0 Å². The normalized spacial score (nSPS) is 10.7. The number of aromatic nitrogens is 2. The minimum Gasteiger partial charge on any atom is -0.478 e. The number of carboxylic acids is 1. The summed E-state index contributed by atoms with van der Waals surface area (Å²) in [5, 5.41) is 18.0. The molecule has 2 aromatic heterocycles. The standard InChI is InChI=1S/C14H9ClN2O2S/c15-10-2-1-3-11(6-10)17-7-12(14(18)19)13(16-17)9-4-5-20-8-9/h1-8H,(H,18,19). The number of rotatable bonds is 3. The van der Waals surface area contributed by atoms with Crippen LogP contribution in [-0.4, -0.2) is 20.9 Å². The van der Waals surface area contributed by atoms with Gasteiger partial charge in [-0.15, -0.1) is 0 Å². The third-order valence-corrected chi connectivity index (χ3v) is 3.73. The van der Waals surface area contributed by atoms with Crippen LogP contribution in [0.15, 0.2) is 47.3 Å². The first-order valence-corrected chi connectivity index (χ1v) is 7.09. The van der Waals surface area contributed by atoms with E-state index in [0.717, 1.165) is 11.3 Å². The van der Waals surface area contributed by atoms with Crippen LogP contribution in [0.25, 0.3) is 16.9 Å². The minimum atomic E-state index is -1.00. The van der Waals surface area contributed by atoms with Gasteiger partial charge in [-0.2, -0.15) is 16.4 Å². The summed E-state index contributed by atoms with van der Waals surface area (Å²) in [5.41, 5.74) is 2.15. The summed E-state index contributed by atoms with van der Waals surface area (Å²) >= 11 is 7.45. The molecule has 0 aliphatic carbocycles. The lowest BCUT2D eigenvalue weighted by atomic mass is 10.1. The van der Waals surface area contributed by atoms with Crippen LogP contribution < -0.4 is 0 Å². The van der Waals surface area contributed by atoms with Crippen molar-refractivity contribution in [2.45, 2.75) is 0 Å². The van der Waals surface area contributed by atoms with E-state index in [4.69, 9.17) is 11.6 Å². The molecule has 20 heavy (non-hydrogen) atoms. The van der Waals surface area contributed by atoms with Crippen LogP contribution in [0.1, 0.15) is 10.4 Å². The third kappa shape index (κ3) is 2.33. The maximum absolute atomic E-state index is 11.4. The van der Waals surface area contributed by atoms with Gasteiger partial charge < -0.3 is 5.11 Å². The molecule has 0 saturated carbocycles. The predicted octanol–water partition coefficient (Wildman–Crippen LogP) is 3.95. The molecule has 0 atom stereocenters. The molecule has 4 nitrogen and oxygen atoms in total. The van der Waals surface area contributed by atoms with Crippen molar-refractivity contribution in [3.63, 3.8) is 0 Å². The molecular formula is C14H9ClN2O2S. The van der Waals surface area contributed by atoms with E-state index in [0.29, 0.717) is 10.7 Å². The van der Waals surface area contributed by atoms with E-state index in [1.807, 2.05) is 22.9 Å². The van der Waals surface area contributed by atoms with Crippen molar-refractivity contribution in [3.05, 3.63) is 57.9 Å². The molecule has 6 heteroatoms. The van der Waals surface area contributed by atoms with Crippen LogP contribution in [0, 0.1) is 0 Å². The van der Waals surface area contributed by atoms with E-state index >= 15 is 0 Å². The number of carboxylic acid groups (broad SMARTS) is 1. The summed E-state index contributed by atoms with van der Waals surface area (Å²) in [6, 6.07) is 8.96. The Hall–Kier alpha value is -2.11. The maximum Gasteiger partial charge on any atom is 0.339 e. The van der Waals surface area contributed by atoms with Crippen molar-refractivity contribution in [3.8, 4) is 16.9 Å². The Morgan fingerprint density at radius 1 is 1.35 bits per heavy atom. The summed E-state index contributed by atoms with van der Waals surface area (Å²) in [5.74, 6) is -1.00. The number of hydrogen-bond donors (Lipinski definition) is 1. The highest BCUT2D eigenvalue weighted by Crippen LogP contribution is 2.26. The third-order valence-electron chi connectivity index (χ3n) is 2.81. The van der Waals surface area contributed by atoms with Gasteiger partial charge >= 0.3 is 5.97 Å². The number of aromatic carboxylic acids is 1. The molecule has 100 valence electrons. The van der Waals surface area contributed by atoms with Crippen LogP contribution in [0.4, 0.5) is 0 Å². The first-order valence-electron chi connectivity index (χ1n) is 5.76. The van der Waals surface area contributed by atoms with Crippen molar-refractivity contribution < 1.29 is 9.90 Å². The zero-order valence-electron chi connectivity index (χ0n) is 10.2. The first kappa shape index (κ1) is 12.9. The van der Waals surface area contributed by atoms with E-state index in [-0.39, 0.29) is 5.56 Å². The van der Waals surface area contributed by atoms with Crippen molar-refractivity contribution in [1.29, 1.82) is 0 Å². The fourth-order valence-corrected chi connectivity index (χ4v) is 2.72. The summed E-state index contributed by atoms with van der Waals surface area (Å²) in [7, 11) is 0. The largest absolute Gasteiger partial charge is 0.478 e. The highest BCUT2D eigenvalue weighted by atomic mass is 35.5. The van der Waals surface area contributed by atoms with Gasteiger partial charge in [-0.05, 0) is 29.6 Å². The van der Waals surface area contributed by atoms with Gasteiger partial charge in [-0.3, -0.25) is 0 Å². The molecule has 0 bridgehead atoms. The van der Waals surface area contributed by atoms with Crippen LogP contribution in [-0.2, 0) is 0 Å². The fourth-order valence-electron chi connectivity index (χ4n) is 1.89. The van der Waals surface area contributed by atoms with Crippen molar-refractivity contribution in [1.82, 2.24) is 9.78 Å². The minimum absolute atomic E-state index is 0.170. The number of thiophene rings is 1. The monoisotopic (exact) mass is 304 g/mol. The molecule has 0 aliphatic rings. The zero-order chi connectivity index (χ0) is 14.1. The van der Waals surface area contributed by atoms with E-state index in [1.54, 1.807) is 18.2 Å². The molecular weight excluding hydrogens is 296 g/mol. The average Bonchev–Trinajstić information content (AvgIpc) is 3.08. The number of halogens is 1. The number of hydrogen-bond acceptors (Lipinski definition) is 3. The van der Waals surface area contributed by atoms with Gasteiger partial charge in [-0.25, -0.2) is 9.48 Å². The Morgan fingerprint density at radius 2 is 2.20 bits per heavy atom.